The second-order valence-corrected chi connectivity index (χ2v) is 6.01. The molecule has 132 valence electrons. The zero-order valence-corrected chi connectivity index (χ0v) is 14.5. The SMILES string of the molecule is [C-]#[N+]c1cnn2cc(O)c(C)c2c1Nc1ccc(Oc2ccccc2)cc1. The fraction of sp³-hybridized carbons (Fsp3) is 0.0476. The Morgan fingerprint density at radius 3 is 2.48 bits per heavy atom. The first-order valence-electron chi connectivity index (χ1n) is 8.33. The van der Waals surface area contributed by atoms with Crippen molar-refractivity contribution in [3.05, 3.63) is 84.0 Å². The quantitative estimate of drug-likeness (QED) is 0.478. The van der Waals surface area contributed by atoms with Gasteiger partial charge in [-0.15, -0.1) is 0 Å². The number of para-hydroxylation sites is 1. The van der Waals surface area contributed by atoms with Crippen molar-refractivity contribution in [2.75, 3.05) is 5.32 Å². The Morgan fingerprint density at radius 1 is 1.07 bits per heavy atom. The van der Waals surface area contributed by atoms with E-state index < -0.39 is 0 Å². The third-order valence-corrected chi connectivity index (χ3v) is 4.23. The van der Waals surface area contributed by atoms with Crippen LogP contribution in [0.4, 0.5) is 17.1 Å². The predicted molar refractivity (Wildman–Crippen MR) is 104 cm³/mol. The number of aryl methyl sites for hydroxylation is 1. The third kappa shape index (κ3) is 3.14. The molecule has 2 N–H and O–H groups in total. The summed E-state index contributed by atoms with van der Waals surface area (Å²) < 4.78 is 7.36. The van der Waals surface area contributed by atoms with Gasteiger partial charge in [-0.05, 0) is 43.3 Å². The molecule has 0 spiro atoms. The minimum atomic E-state index is 0.138. The van der Waals surface area contributed by atoms with Gasteiger partial charge in [-0.3, -0.25) is 0 Å². The first-order valence-corrected chi connectivity index (χ1v) is 8.33. The maximum atomic E-state index is 9.99. The Bertz CT molecular complexity index is 1140. The van der Waals surface area contributed by atoms with Crippen LogP contribution in [-0.2, 0) is 0 Å². The Hall–Kier alpha value is -3.98. The van der Waals surface area contributed by atoms with E-state index in [1.807, 2.05) is 54.6 Å². The number of anilines is 2. The van der Waals surface area contributed by atoms with Crippen molar-refractivity contribution in [1.29, 1.82) is 0 Å². The van der Waals surface area contributed by atoms with Crippen LogP contribution in [0.25, 0.3) is 10.4 Å². The zero-order chi connectivity index (χ0) is 18.8. The Labute approximate surface area is 156 Å². The molecule has 0 atom stereocenters. The van der Waals surface area contributed by atoms with E-state index in [2.05, 4.69) is 15.3 Å². The smallest absolute Gasteiger partial charge is 0.231 e. The van der Waals surface area contributed by atoms with Crippen LogP contribution in [0.15, 0.2) is 67.0 Å². The van der Waals surface area contributed by atoms with Crippen molar-refractivity contribution in [3.8, 4) is 17.2 Å². The molecule has 0 bridgehead atoms. The molecule has 6 nitrogen and oxygen atoms in total. The monoisotopic (exact) mass is 356 g/mol. The summed E-state index contributed by atoms with van der Waals surface area (Å²) in [5.74, 6) is 1.62. The molecule has 0 saturated heterocycles. The van der Waals surface area contributed by atoms with E-state index >= 15 is 0 Å². The minimum absolute atomic E-state index is 0.138. The molecule has 0 aliphatic carbocycles. The predicted octanol–water partition coefficient (Wildman–Crippen LogP) is 5.44. The van der Waals surface area contributed by atoms with Gasteiger partial charge in [0.2, 0.25) is 5.69 Å². The van der Waals surface area contributed by atoms with Crippen molar-refractivity contribution in [1.82, 2.24) is 9.61 Å². The molecule has 0 saturated carbocycles. The van der Waals surface area contributed by atoms with Gasteiger partial charge in [0.05, 0.1) is 30.2 Å². The molecule has 0 unspecified atom stereocenters. The van der Waals surface area contributed by atoms with Crippen LogP contribution in [0.2, 0.25) is 0 Å². The van der Waals surface area contributed by atoms with E-state index in [4.69, 9.17) is 11.3 Å². The van der Waals surface area contributed by atoms with Crippen LogP contribution in [0.3, 0.4) is 0 Å². The lowest BCUT2D eigenvalue weighted by Gasteiger charge is -2.12. The Kier molecular flexibility index (Phi) is 4.11. The van der Waals surface area contributed by atoms with E-state index in [0.29, 0.717) is 28.2 Å². The van der Waals surface area contributed by atoms with Crippen LogP contribution in [-0.4, -0.2) is 14.7 Å². The van der Waals surface area contributed by atoms with E-state index in [1.165, 1.54) is 12.4 Å². The number of aromatic hydroxyl groups is 1. The van der Waals surface area contributed by atoms with Crippen LogP contribution in [0.1, 0.15) is 5.56 Å². The zero-order valence-electron chi connectivity index (χ0n) is 14.5. The summed E-state index contributed by atoms with van der Waals surface area (Å²) >= 11 is 0. The molecule has 0 aliphatic rings. The molecule has 0 aliphatic heterocycles. The molecule has 2 aromatic heterocycles. The Balaban J connectivity index is 1.65. The molecule has 6 heteroatoms. The second-order valence-electron chi connectivity index (χ2n) is 6.01. The van der Waals surface area contributed by atoms with Crippen LogP contribution >= 0.6 is 0 Å². The lowest BCUT2D eigenvalue weighted by Crippen LogP contribution is -1.97. The first kappa shape index (κ1) is 16.5. The van der Waals surface area contributed by atoms with Gasteiger partial charge in [-0.25, -0.2) is 9.36 Å². The molecule has 0 amide bonds. The van der Waals surface area contributed by atoms with Crippen molar-refractivity contribution in [2.24, 2.45) is 0 Å². The molecule has 27 heavy (non-hydrogen) atoms. The number of hydrogen-bond acceptors (Lipinski definition) is 4. The van der Waals surface area contributed by atoms with Crippen molar-refractivity contribution < 1.29 is 9.84 Å². The second kappa shape index (κ2) is 6.73. The van der Waals surface area contributed by atoms with Crippen molar-refractivity contribution in [2.45, 2.75) is 6.92 Å². The van der Waals surface area contributed by atoms with Gasteiger partial charge in [-0.1, -0.05) is 18.2 Å². The van der Waals surface area contributed by atoms with Gasteiger partial charge in [-0.2, -0.15) is 5.10 Å². The fourth-order valence-corrected chi connectivity index (χ4v) is 2.85. The number of rotatable bonds is 4. The van der Waals surface area contributed by atoms with E-state index in [9.17, 15) is 5.11 Å². The molecular formula is C21H16N4O2. The molecule has 0 radical (unpaired) electrons. The number of fused-ring (bicyclic) bond motifs is 1. The molecule has 4 rings (SSSR count). The standard InChI is InChI=1S/C21H16N4O2/c1-14-19(26)13-25-21(14)20(18(22-2)12-23-25)24-15-8-10-17(11-9-15)27-16-6-4-3-5-7-16/h3-13,24,26H,1H3. The van der Waals surface area contributed by atoms with Crippen LogP contribution in [0, 0.1) is 13.5 Å². The fourth-order valence-electron chi connectivity index (χ4n) is 2.85. The summed E-state index contributed by atoms with van der Waals surface area (Å²) in [5, 5.41) is 17.4. The van der Waals surface area contributed by atoms with E-state index in [-0.39, 0.29) is 5.75 Å². The van der Waals surface area contributed by atoms with Gasteiger partial charge < -0.3 is 15.2 Å². The number of nitrogens with one attached hydrogen (secondary N) is 1. The van der Waals surface area contributed by atoms with Crippen LogP contribution in [0.5, 0.6) is 17.2 Å². The topological polar surface area (TPSA) is 63.2 Å². The minimum Gasteiger partial charge on any atom is -0.506 e. The highest BCUT2D eigenvalue weighted by molar-refractivity contribution is 5.90. The molecule has 2 aromatic carbocycles. The highest BCUT2D eigenvalue weighted by atomic mass is 16.5. The molecule has 0 fully saturated rings. The summed E-state index contributed by atoms with van der Waals surface area (Å²) in [6, 6.07) is 17.0. The summed E-state index contributed by atoms with van der Waals surface area (Å²) in [7, 11) is 0. The maximum Gasteiger partial charge on any atom is 0.231 e. The summed E-state index contributed by atoms with van der Waals surface area (Å²) in [6.07, 6.45) is 3.01. The summed E-state index contributed by atoms with van der Waals surface area (Å²) in [5.41, 5.74) is 3.13. The molecule has 2 heterocycles. The van der Waals surface area contributed by atoms with Gasteiger partial charge in [0, 0.05) is 11.3 Å². The number of ether oxygens (including phenoxy) is 1. The number of aromatic nitrogens is 2. The highest BCUT2D eigenvalue weighted by Gasteiger charge is 2.15. The van der Waals surface area contributed by atoms with E-state index in [1.54, 1.807) is 11.4 Å². The lowest BCUT2D eigenvalue weighted by atomic mass is 10.2. The molecular weight excluding hydrogens is 340 g/mol. The van der Waals surface area contributed by atoms with Gasteiger partial charge in [0.25, 0.3) is 0 Å². The molecule has 4 aromatic rings. The average Bonchev–Trinajstić information content (AvgIpc) is 2.99. The number of nitrogens with zero attached hydrogens (tertiary/aromatic N) is 3. The van der Waals surface area contributed by atoms with E-state index in [0.717, 1.165) is 11.4 Å². The van der Waals surface area contributed by atoms with Crippen molar-refractivity contribution in [3.63, 3.8) is 0 Å². The largest absolute Gasteiger partial charge is 0.506 e. The van der Waals surface area contributed by atoms with Crippen LogP contribution < -0.4 is 10.1 Å². The maximum absolute atomic E-state index is 9.99. The van der Waals surface area contributed by atoms with Gasteiger partial charge in [0.15, 0.2) is 0 Å². The number of hydrogen-bond donors (Lipinski definition) is 2. The highest BCUT2D eigenvalue weighted by Crippen LogP contribution is 2.37. The number of benzene rings is 2. The first-order chi connectivity index (χ1) is 13.2. The average molecular weight is 356 g/mol. The van der Waals surface area contributed by atoms with Gasteiger partial charge in [0.1, 0.15) is 17.2 Å². The lowest BCUT2D eigenvalue weighted by molar-refractivity contribution is 0.471. The summed E-state index contributed by atoms with van der Waals surface area (Å²) in [6.45, 7) is 9.21. The third-order valence-electron chi connectivity index (χ3n) is 4.23. The van der Waals surface area contributed by atoms with Crippen molar-refractivity contribution >= 4 is 22.6 Å². The Morgan fingerprint density at radius 2 is 1.78 bits per heavy atom. The van der Waals surface area contributed by atoms with Gasteiger partial charge >= 0.3 is 0 Å². The summed E-state index contributed by atoms with van der Waals surface area (Å²) in [4.78, 5) is 3.55. The normalized spacial score (nSPS) is 10.5.